The van der Waals surface area contributed by atoms with E-state index in [0.717, 1.165) is 6.42 Å². The summed E-state index contributed by atoms with van der Waals surface area (Å²) in [6.45, 7) is 10.9. The van der Waals surface area contributed by atoms with Crippen LogP contribution in [-0.4, -0.2) is 25.2 Å². The Morgan fingerprint density at radius 3 is 2.13 bits per heavy atom. The highest BCUT2D eigenvalue weighted by atomic mass is 16.6. The Balaban J connectivity index is 2.40. The number of benzene rings is 1. The van der Waals surface area contributed by atoms with Crippen LogP contribution in [0.4, 0.5) is 0 Å². The molecule has 1 aromatic rings. The second-order valence-corrected chi connectivity index (χ2v) is 6.92. The summed E-state index contributed by atoms with van der Waals surface area (Å²) < 4.78 is 9.85. The Labute approximate surface area is 139 Å². The van der Waals surface area contributed by atoms with Crippen LogP contribution in [0.3, 0.4) is 0 Å². The second kappa shape index (κ2) is 8.70. The largest absolute Gasteiger partial charge is 0.466 e. The Hall–Kier alpha value is -1.84. The average Bonchev–Trinajstić information content (AvgIpc) is 2.45. The highest BCUT2D eigenvalue weighted by Gasteiger charge is 2.15. The highest BCUT2D eigenvalue weighted by molar-refractivity contribution is 5.91. The Morgan fingerprint density at radius 2 is 1.61 bits per heavy atom. The van der Waals surface area contributed by atoms with Gasteiger partial charge in [0.15, 0.2) is 0 Å². The second-order valence-electron chi connectivity index (χ2n) is 6.92. The first kappa shape index (κ1) is 19.2. The van der Waals surface area contributed by atoms with Gasteiger partial charge >= 0.3 is 11.9 Å². The average molecular weight is 320 g/mol. The first-order valence-electron chi connectivity index (χ1n) is 8.13. The molecule has 0 amide bonds. The minimum atomic E-state index is -0.539. The molecule has 0 saturated carbocycles. The van der Waals surface area contributed by atoms with Gasteiger partial charge in [-0.2, -0.15) is 0 Å². The summed E-state index contributed by atoms with van der Waals surface area (Å²) in [6.07, 6.45) is 0.512. The lowest BCUT2D eigenvalue weighted by molar-refractivity contribution is -0.154. The van der Waals surface area contributed by atoms with Crippen LogP contribution in [0, 0.1) is 5.92 Å². The van der Waals surface area contributed by atoms with Gasteiger partial charge in [0.25, 0.3) is 0 Å². The summed E-state index contributed by atoms with van der Waals surface area (Å²) in [5, 5.41) is 0. The Bertz CT molecular complexity index is 511. The molecule has 1 atom stereocenters. The van der Waals surface area contributed by atoms with E-state index in [2.05, 4.69) is 45.0 Å². The maximum atomic E-state index is 11.5. The summed E-state index contributed by atoms with van der Waals surface area (Å²) in [4.78, 5) is 22.7. The molecule has 0 fully saturated rings. The molecule has 0 N–H and O–H groups in total. The molecule has 0 heterocycles. The SMILES string of the molecule is CCOC(=O)CC(=O)OCC(C)Cc1ccc(C(C)(C)C)cc1. The molecule has 0 aliphatic heterocycles. The van der Waals surface area contributed by atoms with E-state index in [-0.39, 0.29) is 24.4 Å². The van der Waals surface area contributed by atoms with Gasteiger partial charge in [-0.3, -0.25) is 9.59 Å². The van der Waals surface area contributed by atoms with Gasteiger partial charge in [-0.05, 0) is 35.8 Å². The number of rotatable bonds is 7. The van der Waals surface area contributed by atoms with Crippen molar-refractivity contribution in [3.63, 3.8) is 0 Å². The fraction of sp³-hybridized carbons (Fsp3) is 0.579. The summed E-state index contributed by atoms with van der Waals surface area (Å²) in [6, 6.07) is 8.54. The van der Waals surface area contributed by atoms with Crippen LogP contribution < -0.4 is 0 Å². The van der Waals surface area contributed by atoms with Gasteiger partial charge in [-0.25, -0.2) is 0 Å². The van der Waals surface area contributed by atoms with Crippen molar-refractivity contribution in [3.05, 3.63) is 35.4 Å². The molecule has 0 saturated heterocycles. The quantitative estimate of drug-likeness (QED) is 0.568. The molecule has 0 aromatic heterocycles. The molecule has 23 heavy (non-hydrogen) atoms. The Kier molecular flexibility index (Phi) is 7.27. The summed E-state index contributed by atoms with van der Waals surface area (Å²) in [5.41, 5.74) is 2.66. The smallest absolute Gasteiger partial charge is 0.317 e. The third-order valence-electron chi connectivity index (χ3n) is 3.53. The first-order valence-corrected chi connectivity index (χ1v) is 8.13. The summed E-state index contributed by atoms with van der Waals surface area (Å²) in [7, 11) is 0. The molecule has 0 bridgehead atoms. The topological polar surface area (TPSA) is 52.6 Å². The van der Waals surface area contributed by atoms with Crippen LogP contribution in [0.15, 0.2) is 24.3 Å². The van der Waals surface area contributed by atoms with E-state index in [9.17, 15) is 9.59 Å². The zero-order valence-corrected chi connectivity index (χ0v) is 14.8. The number of carbonyl (C=O) groups excluding carboxylic acids is 2. The lowest BCUT2D eigenvalue weighted by Crippen LogP contribution is -2.18. The van der Waals surface area contributed by atoms with E-state index in [0.29, 0.717) is 6.61 Å². The van der Waals surface area contributed by atoms with Crippen LogP contribution >= 0.6 is 0 Å². The van der Waals surface area contributed by atoms with Gasteiger partial charge in [-0.1, -0.05) is 52.0 Å². The minimum Gasteiger partial charge on any atom is -0.466 e. The summed E-state index contributed by atoms with van der Waals surface area (Å²) in [5.74, 6) is -0.872. The van der Waals surface area contributed by atoms with E-state index in [1.54, 1.807) is 6.92 Å². The van der Waals surface area contributed by atoms with E-state index >= 15 is 0 Å². The van der Waals surface area contributed by atoms with Gasteiger partial charge in [0.05, 0.1) is 13.2 Å². The third-order valence-corrected chi connectivity index (χ3v) is 3.53. The monoisotopic (exact) mass is 320 g/mol. The molecule has 0 spiro atoms. The van der Waals surface area contributed by atoms with Crippen molar-refractivity contribution in [2.45, 2.75) is 52.9 Å². The van der Waals surface area contributed by atoms with Crippen LogP contribution in [-0.2, 0) is 30.9 Å². The maximum Gasteiger partial charge on any atom is 0.317 e. The fourth-order valence-corrected chi connectivity index (χ4v) is 2.22. The number of carbonyl (C=O) groups is 2. The number of hydrogen-bond donors (Lipinski definition) is 0. The minimum absolute atomic E-state index is 0.146. The predicted octanol–water partition coefficient (Wildman–Crippen LogP) is 3.66. The fourth-order valence-electron chi connectivity index (χ4n) is 2.22. The molecule has 4 heteroatoms. The van der Waals surface area contributed by atoms with Gasteiger partial charge in [-0.15, -0.1) is 0 Å². The molecule has 0 radical (unpaired) electrons. The molecule has 4 nitrogen and oxygen atoms in total. The van der Waals surface area contributed by atoms with E-state index in [1.807, 2.05) is 6.92 Å². The zero-order valence-electron chi connectivity index (χ0n) is 14.8. The van der Waals surface area contributed by atoms with Crippen LogP contribution in [0.5, 0.6) is 0 Å². The molecular weight excluding hydrogens is 292 g/mol. The van der Waals surface area contributed by atoms with E-state index in [4.69, 9.17) is 9.47 Å². The van der Waals surface area contributed by atoms with E-state index in [1.165, 1.54) is 11.1 Å². The molecule has 1 unspecified atom stereocenters. The number of hydrogen-bond acceptors (Lipinski definition) is 4. The van der Waals surface area contributed by atoms with Crippen molar-refractivity contribution in [1.29, 1.82) is 0 Å². The van der Waals surface area contributed by atoms with Gasteiger partial charge in [0.1, 0.15) is 6.42 Å². The molecule has 0 aliphatic rings. The van der Waals surface area contributed by atoms with Crippen molar-refractivity contribution >= 4 is 11.9 Å². The lowest BCUT2D eigenvalue weighted by atomic mass is 9.86. The van der Waals surface area contributed by atoms with Gasteiger partial charge in [0.2, 0.25) is 0 Å². The molecule has 0 aliphatic carbocycles. The molecule has 128 valence electrons. The highest BCUT2D eigenvalue weighted by Crippen LogP contribution is 2.22. The van der Waals surface area contributed by atoms with Gasteiger partial charge < -0.3 is 9.47 Å². The maximum absolute atomic E-state index is 11.5. The lowest BCUT2D eigenvalue weighted by Gasteiger charge is -2.19. The third kappa shape index (κ3) is 7.31. The zero-order chi connectivity index (χ0) is 17.5. The first-order chi connectivity index (χ1) is 10.7. The molecule has 1 aromatic carbocycles. The van der Waals surface area contributed by atoms with Crippen LogP contribution in [0.2, 0.25) is 0 Å². The standard InChI is InChI=1S/C19H28O4/c1-6-22-17(20)12-18(21)23-13-14(2)11-15-7-9-16(10-8-15)19(3,4)5/h7-10,14H,6,11-13H2,1-5H3. The van der Waals surface area contributed by atoms with Gasteiger partial charge in [0, 0.05) is 0 Å². The Morgan fingerprint density at radius 1 is 1.04 bits per heavy atom. The van der Waals surface area contributed by atoms with Crippen LogP contribution in [0.1, 0.15) is 52.2 Å². The number of ether oxygens (including phenoxy) is 2. The number of esters is 2. The van der Waals surface area contributed by atoms with Crippen molar-refractivity contribution in [2.24, 2.45) is 5.92 Å². The van der Waals surface area contributed by atoms with Crippen molar-refractivity contribution < 1.29 is 19.1 Å². The predicted molar refractivity (Wildman–Crippen MR) is 90.2 cm³/mol. The van der Waals surface area contributed by atoms with E-state index < -0.39 is 11.9 Å². The van der Waals surface area contributed by atoms with Crippen molar-refractivity contribution in [2.75, 3.05) is 13.2 Å². The molecule has 1 rings (SSSR count). The van der Waals surface area contributed by atoms with Crippen LogP contribution in [0.25, 0.3) is 0 Å². The molecular formula is C19H28O4. The summed E-state index contributed by atoms with van der Waals surface area (Å²) >= 11 is 0. The normalized spacial score (nSPS) is 12.6. The van der Waals surface area contributed by atoms with Crippen molar-refractivity contribution in [1.82, 2.24) is 0 Å². The van der Waals surface area contributed by atoms with Crippen molar-refractivity contribution in [3.8, 4) is 0 Å².